The molecule has 0 bridgehead atoms. The number of benzene rings is 7. The summed E-state index contributed by atoms with van der Waals surface area (Å²) >= 11 is 0. The number of para-hydroxylation sites is 2. The van der Waals surface area contributed by atoms with Crippen molar-refractivity contribution in [3.63, 3.8) is 0 Å². The fourth-order valence-corrected chi connectivity index (χ4v) is 9.29. The monoisotopic (exact) mass is 957 g/mol. The Morgan fingerprint density at radius 2 is 1.19 bits per heavy atom. The Morgan fingerprint density at radius 1 is 0.629 bits per heavy atom. The third kappa shape index (κ3) is 10.4. The highest BCUT2D eigenvalue weighted by molar-refractivity contribution is 7.86. The Kier molecular flexibility index (Phi) is 13.8. The molecular weight excluding hydrogens is 909 g/mol. The zero-order valence-corrected chi connectivity index (χ0v) is 40.0. The molecule has 0 saturated heterocycles. The molecule has 70 heavy (non-hydrogen) atoms. The van der Waals surface area contributed by atoms with Crippen LogP contribution in [0.15, 0.2) is 155 Å². The molecule has 3 N–H and O–H groups in total. The number of fused-ring (bicyclic) bond motifs is 2. The van der Waals surface area contributed by atoms with Gasteiger partial charge in [0, 0.05) is 76.2 Å². The third-order valence-electron chi connectivity index (χ3n) is 11.7. The molecule has 15 heteroatoms. The Morgan fingerprint density at radius 3 is 1.76 bits per heavy atom. The van der Waals surface area contributed by atoms with Gasteiger partial charge in [-0.3, -0.25) is 14.1 Å². The van der Waals surface area contributed by atoms with Gasteiger partial charge in [0.2, 0.25) is 22.9 Å². The molecule has 1 aliphatic carbocycles. The summed E-state index contributed by atoms with van der Waals surface area (Å²) in [7, 11) is -4.73. The zero-order valence-electron chi connectivity index (χ0n) is 39.2. The van der Waals surface area contributed by atoms with Crippen molar-refractivity contribution in [3.05, 3.63) is 184 Å². The van der Waals surface area contributed by atoms with Gasteiger partial charge in [-0.2, -0.15) is 13.0 Å². The Labute approximate surface area is 404 Å². The summed E-state index contributed by atoms with van der Waals surface area (Å²) in [5.74, 6) is -1.36. The lowest BCUT2D eigenvalue weighted by molar-refractivity contribution is -0.115. The van der Waals surface area contributed by atoms with Crippen LogP contribution in [0, 0.1) is 27.7 Å². The second kappa shape index (κ2) is 20.1. The lowest BCUT2D eigenvalue weighted by Gasteiger charge is -2.28. The normalized spacial score (nSPS) is 11.8. The Hall–Kier alpha value is -8.40. The van der Waals surface area contributed by atoms with E-state index in [1.54, 1.807) is 84.9 Å². The summed E-state index contributed by atoms with van der Waals surface area (Å²) in [5, 5.41) is 6.46. The number of hydrogen-bond donors (Lipinski definition) is 3. The molecular formula is C55H49N4O10S+. The minimum Gasteiger partial charge on any atom is -0.456 e. The summed E-state index contributed by atoms with van der Waals surface area (Å²) in [4.78, 5) is 51.8. The number of amides is 2. The Balaban J connectivity index is 1.30. The summed E-state index contributed by atoms with van der Waals surface area (Å²) in [6, 6.07) is 41.4. The largest absolute Gasteiger partial charge is 0.456 e. The summed E-state index contributed by atoms with van der Waals surface area (Å²) in [6.45, 7) is 10.2. The van der Waals surface area contributed by atoms with Crippen molar-refractivity contribution in [2.24, 2.45) is 0 Å². The molecule has 6 aromatic rings. The van der Waals surface area contributed by atoms with Crippen molar-refractivity contribution in [3.8, 4) is 22.5 Å². The van der Waals surface area contributed by atoms with E-state index in [1.165, 1.54) is 26.0 Å². The fourth-order valence-electron chi connectivity index (χ4n) is 8.59. The van der Waals surface area contributed by atoms with Gasteiger partial charge in [-0.25, -0.2) is 9.59 Å². The van der Waals surface area contributed by atoms with Gasteiger partial charge >= 0.3 is 11.9 Å². The van der Waals surface area contributed by atoms with Crippen LogP contribution in [-0.2, 0) is 29.2 Å². The number of rotatable bonds is 13. The highest BCUT2D eigenvalue weighted by Gasteiger charge is 2.27. The molecule has 0 unspecified atom stereocenters. The number of anilines is 4. The van der Waals surface area contributed by atoms with Gasteiger partial charge in [0.1, 0.15) is 16.2 Å². The van der Waals surface area contributed by atoms with Crippen LogP contribution in [-0.4, -0.2) is 50.2 Å². The topological polar surface area (TPSA) is 185 Å². The van der Waals surface area contributed by atoms with E-state index in [1.807, 2.05) is 85.7 Å². The van der Waals surface area contributed by atoms with E-state index in [-0.39, 0.29) is 46.9 Å². The van der Waals surface area contributed by atoms with Crippen molar-refractivity contribution in [1.82, 2.24) is 4.58 Å². The van der Waals surface area contributed by atoms with E-state index in [0.29, 0.717) is 50.3 Å². The molecule has 2 amide bonds. The van der Waals surface area contributed by atoms with Gasteiger partial charge in [-0.05, 0) is 112 Å². The summed E-state index contributed by atoms with van der Waals surface area (Å²) in [6.07, 6.45) is 0. The number of nitrogens with zero attached hydrogens (tertiary/aromatic N) is 2. The molecule has 354 valence electrons. The van der Waals surface area contributed by atoms with E-state index in [4.69, 9.17) is 13.9 Å². The van der Waals surface area contributed by atoms with Crippen LogP contribution in [0.5, 0.6) is 0 Å². The standard InChI is InChI=1S/C55H48N4O10S/c1-33-11-9-12-34(2)52(33)58(31-67-54(62)39-17-21-41(22-18-39)56-37(5)60)43-25-27-45-48(29-43)69-49-30-44(26-28-46(49)51(45)47-15-7-8-16-50(47)70(64,65)66)59(53-35(3)13-10-14-36(53)4)32-68-55(63)40-19-23-42(24-20-40)57-38(6)61/h7-30H,31-32H2,1-6H3,(H2-,56,57,60,61,62,63,64,65,66)/p+1. The van der Waals surface area contributed by atoms with Crippen molar-refractivity contribution < 1.29 is 46.0 Å². The first kappa shape index (κ1) is 48.1. The lowest BCUT2D eigenvalue weighted by Crippen LogP contribution is -2.30. The molecule has 0 atom stereocenters. The number of carbonyl (C=O) groups is 4. The van der Waals surface area contributed by atoms with Gasteiger partial charge in [0.05, 0.1) is 22.9 Å². The maximum absolute atomic E-state index is 13.6. The van der Waals surface area contributed by atoms with E-state index < -0.39 is 22.1 Å². The first-order valence-electron chi connectivity index (χ1n) is 22.1. The van der Waals surface area contributed by atoms with E-state index >= 15 is 0 Å². The smallest absolute Gasteiger partial charge is 0.342 e. The zero-order chi connectivity index (χ0) is 49.9. The molecule has 0 fully saturated rings. The fraction of sp³-hybridized carbons (Fsp3) is 0.145. The Bertz CT molecular complexity index is 3470. The van der Waals surface area contributed by atoms with Crippen LogP contribution < -0.4 is 25.5 Å². The van der Waals surface area contributed by atoms with Crippen LogP contribution in [0.1, 0.15) is 56.8 Å². The third-order valence-corrected chi connectivity index (χ3v) is 12.6. The average Bonchev–Trinajstić information content (AvgIpc) is 3.32. The van der Waals surface area contributed by atoms with Gasteiger partial charge in [0.25, 0.3) is 16.8 Å². The minimum absolute atomic E-state index is 0.220. The second-order valence-corrected chi connectivity index (χ2v) is 18.2. The predicted octanol–water partition coefficient (Wildman–Crippen LogP) is 10.5. The molecule has 1 heterocycles. The van der Waals surface area contributed by atoms with Crippen molar-refractivity contribution in [1.29, 1.82) is 0 Å². The van der Waals surface area contributed by atoms with E-state index in [0.717, 1.165) is 33.6 Å². The van der Waals surface area contributed by atoms with Gasteiger partial charge in [-0.1, -0.05) is 54.6 Å². The maximum atomic E-state index is 13.6. The van der Waals surface area contributed by atoms with Crippen LogP contribution >= 0.6 is 0 Å². The van der Waals surface area contributed by atoms with Gasteiger partial charge in [0.15, 0.2) is 6.73 Å². The quantitative estimate of drug-likeness (QED) is 0.0328. The average molecular weight is 958 g/mol. The highest BCUT2D eigenvalue weighted by Crippen LogP contribution is 2.44. The molecule has 0 spiro atoms. The maximum Gasteiger partial charge on any atom is 0.342 e. The minimum atomic E-state index is -4.73. The molecule has 8 rings (SSSR count). The number of carbonyl (C=O) groups excluding carboxylic acids is 4. The molecule has 0 aromatic heterocycles. The van der Waals surface area contributed by atoms with Crippen LogP contribution in [0.4, 0.5) is 28.4 Å². The van der Waals surface area contributed by atoms with Crippen molar-refractivity contribution >= 4 is 73.3 Å². The summed E-state index contributed by atoms with van der Waals surface area (Å²) < 4.78 is 57.2. The van der Waals surface area contributed by atoms with Gasteiger partial charge < -0.3 is 29.4 Å². The molecule has 0 radical (unpaired) electrons. The van der Waals surface area contributed by atoms with Crippen LogP contribution in [0.2, 0.25) is 0 Å². The molecule has 6 aromatic carbocycles. The lowest BCUT2D eigenvalue weighted by atomic mass is 9.93. The van der Waals surface area contributed by atoms with Crippen molar-refractivity contribution in [2.45, 2.75) is 46.4 Å². The number of esters is 2. The molecule has 0 saturated carbocycles. The number of aryl methyl sites for hydroxylation is 4. The molecule has 14 nitrogen and oxygen atoms in total. The number of nitrogens with one attached hydrogen (secondary N) is 2. The number of ether oxygens (including phenoxy) is 2. The molecule has 2 aliphatic rings. The van der Waals surface area contributed by atoms with E-state index in [2.05, 4.69) is 10.6 Å². The van der Waals surface area contributed by atoms with Crippen LogP contribution in [0.25, 0.3) is 33.4 Å². The first-order valence-corrected chi connectivity index (χ1v) is 23.6. The van der Waals surface area contributed by atoms with Gasteiger partial charge in [-0.15, -0.1) is 0 Å². The SMILES string of the molecule is CC(=O)Nc1ccc(C(=O)OCN(c2ccc3c(-c4ccccc4S(=O)(=O)O)c4cc/c(=[N+](/COC(=O)c5ccc(NC(C)=O)cc5)c5c(C)cccc5C)cc-4oc3c2)c2c(C)cccc2C)cc1. The van der Waals surface area contributed by atoms with Crippen LogP contribution in [0.3, 0.4) is 0 Å². The number of hydrogen-bond acceptors (Lipinski definition) is 10. The highest BCUT2D eigenvalue weighted by atomic mass is 32.2. The predicted molar refractivity (Wildman–Crippen MR) is 269 cm³/mol. The summed E-state index contributed by atoms with van der Waals surface area (Å²) in [5.41, 5.74) is 8.85. The first-order chi connectivity index (χ1) is 33.5. The van der Waals surface area contributed by atoms with Crippen molar-refractivity contribution in [2.75, 3.05) is 29.0 Å². The molecule has 1 aliphatic heterocycles. The van der Waals surface area contributed by atoms with E-state index in [9.17, 15) is 32.1 Å². The second-order valence-electron chi connectivity index (χ2n) is 16.8.